The molecule has 0 unspecified atom stereocenters. The first-order valence-corrected chi connectivity index (χ1v) is 5.13. The average molecular weight is 219 g/mol. The Morgan fingerprint density at radius 3 is 3.00 bits per heavy atom. The average Bonchev–Trinajstić information content (AvgIpc) is 2.27. The Morgan fingerprint density at radius 2 is 2.31 bits per heavy atom. The second-order valence-corrected chi connectivity index (χ2v) is 3.52. The topological polar surface area (TPSA) is 29.1 Å². The summed E-state index contributed by atoms with van der Waals surface area (Å²) in [6.07, 6.45) is 6.45. The van der Waals surface area contributed by atoms with Crippen LogP contribution in [-0.2, 0) is 0 Å². The molecular formula is C13H14FNO. The molecule has 0 saturated heterocycles. The molecule has 0 spiro atoms. The number of nitrogens with one attached hydrogen (secondary N) is 1. The van der Waals surface area contributed by atoms with E-state index in [-0.39, 0.29) is 5.91 Å². The predicted octanol–water partition coefficient (Wildman–Crippen LogP) is 2.28. The van der Waals surface area contributed by atoms with E-state index in [0.29, 0.717) is 18.5 Å². The summed E-state index contributed by atoms with van der Waals surface area (Å²) in [5, 5.41) is 2.70. The van der Waals surface area contributed by atoms with Crippen LogP contribution in [0.2, 0.25) is 0 Å². The summed E-state index contributed by atoms with van der Waals surface area (Å²) >= 11 is 0. The summed E-state index contributed by atoms with van der Waals surface area (Å²) in [5.74, 6) is 1.83. The lowest BCUT2D eigenvalue weighted by Gasteiger charge is -2.06. The lowest BCUT2D eigenvalue weighted by atomic mass is 10.1. The van der Waals surface area contributed by atoms with Gasteiger partial charge >= 0.3 is 0 Å². The monoisotopic (exact) mass is 219 g/mol. The molecule has 0 aliphatic carbocycles. The molecule has 0 aliphatic heterocycles. The summed E-state index contributed by atoms with van der Waals surface area (Å²) in [4.78, 5) is 11.7. The van der Waals surface area contributed by atoms with E-state index in [1.807, 2.05) is 0 Å². The maximum absolute atomic E-state index is 12.9. The number of terminal acetylenes is 1. The molecule has 16 heavy (non-hydrogen) atoms. The van der Waals surface area contributed by atoms with Crippen LogP contribution in [0.4, 0.5) is 4.39 Å². The zero-order valence-electron chi connectivity index (χ0n) is 9.22. The van der Waals surface area contributed by atoms with Crippen LogP contribution < -0.4 is 5.32 Å². The number of benzene rings is 1. The van der Waals surface area contributed by atoms with Gasteiger partial charge in [-0.25, -0.2) is 4.39 Å². The summed E-state index contributed by atoms with van der Waals surface area (Å²) in [7, 11) is 0. The molecule has 84 valence electrons. The third-order valence-electron chi connectivity index (χ3n) is 2.23. The first-order valence-electron chi connectivity index (χ1n) is 5.13. The van der Waals surface area contributed by atoms with Crippen LogP contribution in [0.25, 0.3) is 0 Å². The number of aryl methyl sites for hydroxylation is 1. The van der Waals surface area contributed by atoms with Gasteiger partial charge in [0.15, 0.2) is 0 Å². The highest BCUT2D eigenvalue weighted by Crippen LogP contribution is 2.09. The number of unbranched alkanes of at least 4 members (excludes halogenated alkanes) is 1. The van der Waals surface area contributed by atoms with Crippen LogP contribution in [-0.4, -0.2) is 12.5 Å². The molecule has 0 saturated carbocycles. The van der Waals surface area contributed by atoms with E-state index in [0.717, 1.165) is 12.0 Å². The maximum atomic E-state index is 12.9. The molecule has 0 atom stereocenters. The molecule has 0 bridgehead atoms. The molecular weight excluding hydrogens is 205 g/mol. The van der Waals surface area contributed by atoms with E-state index in [1.165, 1.54) is 12.1 Å². The Bertz CT molecular complexity index is 420. The van der Waals surface area contributed by atoms with E-state index in [4.69, 9.17) is 6.42 Å². The number of hydrogen-bond acceptors (Lipinski definition) is 1. The van der Waals surface area contributed by atoms with Crippen molar-refractivity contribution in [2.45, 2.75) is 19.8 Å². The summed E-state index contributed by atoms with van der Waals surface area (Å²) in [6, 6.07) is 4.17. The fourth-order valence-corrected chi connectivity index (χ4v) is 1.33. The molecule has 1 aromatic rings. The number of carbonyl (C=O) groups excluding carboxylic acids is 1. The highest BCUT2D eigenvalue weighted by molar-refractivity contribution is 5.95. The van der Waals surface area contributed by atoms with Crippen molar-refractivity contribution in [3.63, 3.8) is 0 Å². The van der Waals surface area contributed by atoms with Gasteiger partial charge in [-0.15, -0.1) is 12.3 Å². The molecule has 0 radical (unpaired) electrons. The largest absolute Gasteiger partial charge is 0.352 e. The van der Waals surface area contributed by atoms with Gasteiger partial charge in [-0.2, -0.15) is 0 Å². The van der Waals surface area contributed by atoms with Gasteiger partial charge in [-0.3, -0.25) is 4.79 Å². The highest BCUT2D eigenvalue weighted by atomic mass is 19.1. The minimum Gasteiger partial charge on any atom is -0.352 e. The Kier molecular flexibility index (Phi) is 4.53. The smallest absolute Gasteiger partial charge is 0.251 e. The molecule has 0 aromatic heterocycles. The molecule has 1 aromatic carbocycles. The Balaban J connectivity index is 2.59. The number of hydrogen-bond donors (Lipinski definition) is 1. The number of carbonyl (C=O) groups is 1. The molecule has 1 amide bonds. The summed E-state index contributed by atoms with van der Waals surface area (Å²) in [5.41, 5.74) is 1.14. The second-order valence-electron chi connectivity index (χ2n) is 3.52. The number of rotatable bonds is 4. The van der Waals surface area contributed by atoms with Gasteiger partial charge in [0.05, 0.1) is 0 Å². The fraction of sp³-hybridized carbons (Fsp3) is 0.308. The van der Waals surface area contributed by atoms with Crippen LogP contribution in [0.1, 0.15) is 28.8 Å². The van der Waals surface area contributed by atoms with Gasteiger partial charge in [0, 0.05) is 18.5 Å². The minimum absolute atomic E-state index is 0.256. The molecule has 1 N–H and O–H groups in total. The quantitative estimate of drug-likeness (QED) is 0.611. The third kappa shape index (κ3) is 3.39. The summed E-state index contributed by atoms with van der Waals surface area (Å²) < 4.78 is 12.9. The first kappa shape index (κ1) is 12.3. The zero-order chi connectivity index (χ0) is 12.0. The molecule has 1 rings (SSSR count). The predicted molar refractivity (Wildman–Crippen MR) is 61.5 cm³/mol. The normalized spacial score (nSPS) is 9.56. The molecule has 3 heteroatoms. The van der Waals surface area contributed by atoms with Crippen molar-refractivity contribution in [1.82, 2.24) is 5.32 Å². The van der Waals surface area contributed by atoms with Gasteiger partial charge in [-0.1, -0.05) is 6.07 Å². The minimum atomic E-state index is -0.403. The van der Waals surface area contributed by atoms with Crippen molar-refractivity contribution in [3.8, 4) is 12.3 Å². The second kappa shape index (κ2) is 5.92. The van der Waals surface area contributed by atoms with Gasteiger partial charge in [0.2, 0.25) is 0 Å². The van der Waals surface area contributed by atoms with Gasteiger partial charge in [0.1, 0.15) is 5.82 Å². The number of amides is 1. The van der Waals surface area contributed by atoms with Crippen molar-refractivity contribution in [3.05, 3.63) is 35.1 Å². The maximum Gasteiger partial charge on any atom is 0.251 e. The Morgan fingerprint density at radius 1 is 1.56 bits per heavy atom. The van der Waals surface area contributed by atoms with E-state index in [9.17, 15) is 9.18 Å². The lowest BCUT2D eigenvalue weighted by molar-refractivity contribution is 0.0952. The van der Waals surface area contributed by atoms with Crippen molar-refractivity contribution in [1.29, 1.82) is 0 Å². The standard InChI is InChI=1S/C13H14FNO/c1-3-4-5-8-15-13(16)12-9-11(14)7-6-10(12)2/h1,6-7,9H,4-5,8H2,2H3,(H,15,16). The van der Waals surface area contributed by atoms with Crippen molar-refractivity contribution < 1.29 is 9.18 Å². The molecule has 2 nitrogen and oxygen atoms in total. The summed E-state index contributed by atoms with van der Waals surface area (Å²) in [6.45, 7) is 2.29. The van der Waals surface area contributed by atoms with Crippen LogP contribution in [0.5, 0.6) is 0 Å². The zero-order valence-corrected chi connectivity index (χ0v) is 9.22. The van der Waals surface area contributed by atoms with Crippen molar-refractivity contribution in [2.75, 3.05) is 6.54 Å². The van der Waals surface area contributed by atoms with E-state index in [2.05, 4.69) is 11.2 Å². The third-order valence-corrected chi connectivity index (χ3v) is 2.23. The van der Waals surface area contributed by atoms with Crippen molar-refractivity contribution in [2.24, 2.45) is 0 Å². The van der Waals surface area contributed by atoms with E-state index >= 15 is 0 Å². The first-order chi connectivity index (χ1) is 7.65. The lowest BCUT2D eigenvalue weighted by Crippen LogP contribution is -2.25. The van der Waals surface area contributed by atoms with Crippen LogP contribution >= 0.6 is 0 Å². The van der Waals surface area contributed by atoms with Crippen molar-refractivity contribution >= 4 is 5.91 Å². The SMILES string of the molecule is C#CCCCNC(=O)c1cc(F)ccc1C. The molecule has 0 aliphatic rings. The number of halogens is 1. The fourth-order valence-electron chi connectivity index (χ4n) is 1.33. The van der Waals surface area contributed by atoms with Gasteiger partial charge in [-0.05, 0) is 31.0 Å². The van der Waals surface area contributed by atoms with Crippen LogP contribution in [0, 0.1) is 25.1 Å². The Labute approximate surface area is 94.9 Å². The van der Waals surface area contributed by atoms with Gasteiger partial charge < -0.3 is 5.32 Å². The van der Waals surface area contributed by atoms with Crippen LogP contribution in [0.3, 0.4) is 0 Å². The highest BCUT2D eigenvalue weighted by Gasteiger charge is 2.08. The van der Waals surface area contributed by atoms with Crippen LogP contribution in [0.15, 0.2) is 18.2 Å². The molecule has 0 heterocycles. The molecule has 0 fully saturated rings. The Hall–Kier alpha value is -1.82. The van der Waals surface area contributed by atoms with Gasteiger partial charge in [0.25, 0.3) is 5.91 Å². The van der Waals surface area contributed by atoms with E-state index in [1.54, 1.807) is 13.0 Å². The van der Waals surface area contributed by atoms with E-state index < -0.39 is 5.82 Å².